The van der Waals surface area contributed by atoms with Crippen molar-refractivity contribution < 1.29 is 9.13 Å². The van der Waals surface area contributed by atoms with Gasteiger partial charge in [0, 0.05) is 11.1 Å². The van der Waals surface area contributed by atoms with Crippen LogP contribution in [0.25, 0.3) is 22.5 Å². The van der Waals surface area contributed by atoms with Gasteiger partial charge in [-0.05, 0) is 61.5 Å². The molecular formula is C18H15FN2O. The second-order valence-electron chi connectivity index (χ2n) is 4.92. The van der Waals surface area contributed by atoms with Gasteiger partial charge >= 0.3 is 0 Å². The van der Waals surface area contributed by atoms with Crippen molar-refractivity contribution in [2.45, 2.75) is 6.92 Å². The average molecular weight is 294 g/mol. The Morgan fingerprint density at radius 2 is 1.32 bits per heavy atom. The first-order chi connectivity index (χ1) is 10.7. The molecule has 110 valence electrons. The number of aryl methyl sites for hydroxylation is 1. The molecule has 0 spiro atoms. The van der Waals surface area contributed by atoms with Crippen LogP contribution in [0.15, 0.2) is 54.6 Å². The van der Waals surface area contributed by atoms with E-state index >= 15 is 0 Å². The lowest BCUT2D eigenvalue weighted by Gasteiger charge is -2.07. The second kappa shape index (κ2) is 5.93. The predicted octanol–water partition coefficient (Wildman–Crippen LogP) is 4.27. The fourth-order valence-corrected chi connectivity index (χ4v) is 2.25. The lowest BCUT2D eigenvalue weighted by atomic mass is 10.1. The van der Waals surface area contributed by atoms with E-state index in [1.54, 1.807) is 19.2 Å². The maximum atomic E-state index is 13.1. The number of ether oxygens (including phenoxy) is 1. The Labute approximate surface area is 128 Å². The highest BCUT2D eigenvalue weighted by Crippen LogP contribution is 2.25. The van der Waals surface area contributed by atoms with Gasteiger partial charge in [-0.15, -0.1) is 0 Å². The Morgan fingerprint density at radius 3 is 1.82 bits per heavy atom. The van der Waals surface area contributed by atoms with Crippen LogP contribution < -0.4 is 4.74 Å². The first kappa shape index (κ1) is 14.2. The van der Waals surface area contributed by atoms with E-state index in [1.807, 2.05) is 37.3 Å². The smallest absolute Gasteiger partial charge is 0.126 e. The highest BCUT2D eigenvalue weighted by atomic mass is 19.1. The van der Waals surface area contributed by atoms with Crippen LogP contribution in [0.4, 0.5) is 4.39 Å². The lowest BCUT2D eigenvalue weighted by molar-refractivity contribution is 0.415. The van der Waals surface area contributed by atoms with Gasteiger partial charge in [0.2, 0.25) is 0 Å². The summed E-state index contributed by atoms with van der Waals surface area (Å²) in [5, 5.41) is 0. The molecule has 0 unspecified atom stereocenters. The van der Waals surface area contributed by atoms with E-state index in [1.165, 1.54) is 12.1 Å². The molecule has 0 atom stereocenters. The van der Waals surface area contributed by atoms with Crippen molar-refractivity contribution >= 4 is 0 Å². The van der Waals surface area contributed by atoms with E-state index in [9.17, 15) is 4.39 Å². The molecule has 3 nitrogen and oxygen atoms in total. The summed E-state index contributed by atoms with van der Waals surface area (Å²) in [6.07, 6.45) is 0. The van der Waals surface area contributed by atoms with Crippen molar-refractivity contribution in [3.8, 4) is 28.3 Å². The SMILES string of the molecule is COc1ccc(-c2cc(-c3ccc(F)cc3)nc(C)n2)cc1. The molecule has 0 N–H and O–H groups in total. The number of hydrogen-bond donors (Lipinski definition) is 0. The topological polar surface area (TPSA) is 35.0 Å². The molecule has 0 saturated heterocycles. The van der Waals surface area contributed by atoms with Crippen LogP contribution in [0.5, 0.6) is 5.75 Å². The molecule has 1 heterocycles. The van der Waals surface area contributed by atoms with Gasteiger partial charge in [0.1, 0.15) is 17.4 Å². The minimum absolute atomic E-state index is 0.259. The van der Waals surface area contributed by atoms with Crippen molar-refractivity contribution in [1.82, 2.24) is 9.97 Å². The number of hydrogen-bond acceptors (Lipinski definition) is 3. The van der Waals surface area contributed by atoms with Gasteiger partial charge in [-0.3, -0.25) is 0 Å². The van der Waals surface area contributed by atoms with Crippen molar-refractivity contribution in [2.75, 3.05) is 7.11 Å². The zero-order valence-corrected chi connectivity index (χ0v) is 12.4. The average Bonchev–Trinajstić information content (AvgIpc) is 2.55. The van der Waals surface area contributed by atoms with Gasteiger partial charge in [-0.25, -0.2) is 14.4 Å². The summed E-state index contributed by atoms with van der Waals surface area (Å²) in [5.74, 6) is 1.21. The van der Waals surface area contributed by atoms with E-state index in [2.05, 4.69) is 9.97 Å². The van der Waals surface area contributed by atoms with E-state index in [0.29, 0.717) is 5.82 Å². The Bertz CT molecular complexity index is 783. The molecule has 22 heavy (non-hydrogen) atoms. The molecule has 4 heteroatoms. The van der Waals surface area contributed by atoms with Gasteiger partial charge in [-0.2, -0.15) is 0 Å². The molecule has 3 rings (SSSR count). The van der Waals surface area contributed by atoms with E-state index in [4.69, 9.17) is 4.74 Å². The zero-order valence-electron chi connectivity index (χ0n) is 12.4. The summed E-state index contributed by atoms with van der Waals surface area (Å²) >= 11 is 0. The van der Waals surface area contributed by atoms with E-state index in [0.717, 1.165) is 28.3 Å². The monoisotopic (exact) mass is 294 g/mol. The van der Waals surface area contributed by atoms with Crippen molar-refractivity contribution in [2.24, 2.45) is 0 Å². The third-order valence-electron chi connectivity index (χ3n) is 3.36. The molecular weight excluding hydrogens is 279 g/mol. The normalized spacial score (nSPS) is 10.5. The minimum atomic E-state index is -0.259. The van der Waals surface area contributed by atoms with Crippen molar-refractivity contribution in [3.05, 3.63) is 66.2 Å². The summed E-state index contributed by atoms with van der Waals surface area (Å²) in [7, 11) is 1.64. The molecule has 1 aromatic heterocycles. The third kappa shape index (κ3) is 2.96. The summed E-state index contributed by atoms with van der Waals surface area (Å²) in [6.45, 7) is 1.85. The molecule has 0 amide bonds. The predicted molar refractivity (Wildman–Crippen MR) is 84.2 cm³/mol. The maximum Gasteiger partial charge on any atom is 0.126 e. The van der Waals surface area contributed by atoms with Crippen LogP contribution in [-0.4, -0.2) is 17.1 Å². The fraction of sp³-hybridized carbons (Fsp3) is 0.111. The van der Waals surface area contributed by atoms with Crippen LogP contribution in [-0.2, 0) is 0 Å². The van der Waals surface area contributed by atoms with Crippen LogP contribution in [0.3, 0.4) is 0 Å². The number of benzene rings is 2. The number of nitrogens with zero attached hydrogens (tertiary/aromatic N) is 2. The van der Waals surface area contributed by atoms with Crippen LogP contribution in [0, 0.1) is 12.7 Å². The Kier molecular flexibility index (Phi) is 3.83. The first-order valence-electron chi connectivity index (χ1n) is 6.92. The van der Waals surface area contributed by atoms with Crippen LogP contribution in [0.1, 0.15) is 5.82 Å². The largest absolute Gasteiger partial charge is 0.497 e. The molecule has 2 aromatic carbocycles. The molecule has 3 aromatic rings. The maximum absolute atomic E-state index is 13.1. The molecule has 0 radical (unpaired) electrons. The van der Waals surface area contributed by atoms with Gasteiger partial charge in [0.15, 0.2) is 0 Å². The molecule has 0 saturated carbocycles. The summed E-state index contributed by atoms with van der Waals surface area (Å²) in [5.41, 5.74) is 3.45. The molecule has 0 aliphatic heterocycles. The van der Waals surface area contributed by atoms with E-state index < -0.39 is 0 Å². The zero-order chi connectivity index (χ0) is 15.5. The van der Waals surface area contributed by atoms with Gasteiger partial charge in [0.05, 0.1) is 18.5 Å². The van der Waals surface area contributed by atoms with Crippen LogP contribution >= 0.6 is 0 Å². The highest BCUT2D eigenvalue weighted by Gasteiger charge is 2.07. The summed E-state index contributed by atoms with van der Waals surface area (Å²) in [6, 6.07) is 15.9. The number of rotatable bonds is 3. The van der Waals surface area contributed by atoms with Gasteiger partial charge in [-0.1, -0.05) is 0 Å². The molecule has 0 aliphatic carbocycles. The lowest BCUT2D eigenvalue weighted by Crippen LogP contribution is -1.95. The standard InChI is InChI=1S/C18H15FN2O/c1-12-20-17(13-3-7-15(19)8-4-13)11-18(21-12)14-5-9-16(22-2)10-6-14/h3-11H,1-2H3. The highest BCUT2D eigenvalue weighted by molar-refractivity contribution is 5.68. The van der Waals surface area contributed by atoms with Gasteiger partial charge < -0.3 is 4.74 Å². The first-order valence-corrected chi connectivity index (χ1v) is 6.92. The van der Waals surface area contributed by atoms with E-state index in [-0.39, 0.29) is 5.82 Å². The van der Waals surface area contributed by atoms with Crippen molar-refractivity contribution in [3.63, 3.8) is 0 Å². The Morgan fingerprint density at radius 1 is 0.818 bits per heavy atom. The number of methoxy groups -OCH3 is 1. The Balaban J connectivity index is 2.03. The summed E-state index contributed by atoms with van der Waals surface area (Å²) < 4.78 is 18.2. The Hall–Kier alpha value is -2.75. The fourth-order valence-electron chi connectivity index (χ4n) is 2.25. The second-order valence-corrected chi connectivity index (χ2v) is 4.92. The summed E-state index contributed by atoms with van der Waals surface area (Å²) in [4.78, 5) is 8.91. The quantitative estimate of drug-likeness (QED) is 0.723. The third-order valence-corrected chi connectivity index (χ3v) is 3.36. The molecule has 0 fully saturated rings. The number of aromatic nitrogens is 2. The van der Waals surface area contributed by atoms with Gasteiger partial charge in [0.25, 0.3) is 0 Å². The van der Waals surface area contributed by atoms with Crippen LogP contribution in [0.2, 0.25) is 0 Å². The van der Waals surface area contributed by atoms with Crippen molar-refractivity contribution in [1.29, 1.82) is 0 Å². The number of halogens is 1. The molecule has 0 aliphatic rings. The molecule has 0 bridgehead atoms. The minimum Gasteiger partial charge on any atom is -0.497 e.